The lowest BCUT2D eigenvalue weighted by Crippen LogP contribution is -2.44. The number of phenols is 1. The maximum Gasteiger partial charge on any atom is 0.135 e. The first-order valence-electron chi connectivity index (χ1n) is 12.8. The lowest BCUT2D eigenvalue weighted by atomic mass is 10.0. The lowest BCUT2D eigenvalue weighted by Gasteiger charge is -2.43. The van der Waals surface area contributed by atoms with Gasteiger partial charge in [0.05, 0.1) is 6.54 Å². The van der Waals surface area contributed by atoms with E-state index in [9.17, 15) is 10.3 Å². The third kappa shape index (κ3) is 6.98. The van der Waals surface area contributed by atoms with Crippen LogP contribution in [0.25, 0.3) is 0 Å². The molecule has 1 unspecified atom stereocenters. The Kier molecular flexibility index (Phi) is 10.4. The molecule has 1 aliphatic heterocycles. The average Bonchev–Trinajstić information content (AvgIpc) is 2.80. The summed E-state index contributed by atoms with van der Waals surface area (Å²) < 4.78 is 0. The first-order chi connectivity index (χ1) is 15.7. The lowest BCUT2D eigenvalue weighted by molar-refractivity contribution is -0.142. The van der Waals surface area contributed by atoms with Gasteiger partial charge < -0.3 is 15.2 Å². The maximum atomic E-state index is 10.8. The molecule has 0 saturated carbocycles. The number of hydrogen-bond acceptors (Lipinski definition) is 4. The number of para-hydroxylation sites is 2. The van der Waals surface area contributed by atoms with Crippen molar-refractivity contribution in [1.29, 1.82) is 0 Å². The van der Waals surface area contributed by atoms with E-state index in [2.05, 4.69) is 30.0 Å². The summed E-state index contributed by atoms with van der Waals surface area (Å²) in [6.07, 6.45) is 15.6. The molecule has 1 aliphatic rings. The molecule has 0 fully saturated rings. The van der Waals surface area contributed by atoms with Crippen LogP contribution in [0.1, 0.15) is 101 Å². The van der Waals surface area contributed by atoms with E-state index >= 15 is 0 Å². The van der Waals surface area contributed by atoms with Crippen molar-refractivity contribution in [1.82, 2.24) is 5.06 Å². The highest BCUT2D eigenvalue weighted by atomic mass is 16.5. The predicted molar refractivity (Wildman–Crippen MR) is 133 cm³/mol. The summed E-state index contributed by atoms with van der Waals surface area (Å²) in [4.78, 5) is 2.25. The van der Waals surface area contributed by atoms with E-state index in [-0.39, 0.29) is 11.9 Å². The van der Waals surface area contributed by atoms with Crippen molar-refractivity contribution in [2.24, 2.45) is 0 Å². The summed E-state index contributed by atoms with van der Waals surface area (Å²) in [7, 11) is 0. The van der Waals surface area contributed by atoms with Crippen molar-refractivity contribution in [3.8, 4) is 5.75 Å². The van der Waals surface area contributed by atoms with Crippen LogP contribution in [0.2, 0.25) is 0 Å². The number of nitrogens with zero attached hydrogens (tertiary/aromatic N) is 2. The van der Waals surface area contributed by atoms with Crippen LogP contribution >= 0.6 is 0 Å². The number of fused-ring (bicyclic) bond motifs is 1. The van der Waals surface area contributed by atoms with Gasteiger partial charge in [-0.3, -0.25) is 0 Å². The van der Waals surface area contributed by atoms with E-state index in [4.69, 9.17) is 0 Å². The van der Waals surface area contributed by atoms with Gasteiger partial charge in [0.15, 0.2) is 0 Å². The van der Waals surface area contributed by atoms with Crippen LogP contribution in [0, 0.1) is 0 Å². The fourth-order valence-corrected chi connectivity index (χ4v) is 4.88. The van der Waals surface area contributed by atoms with Gasteiger partial charge in [0.2, 0.25) is 0 Å². The highest BCUT2D eigenvalue weighted by Gasteiger charge is 2.33. The van der Waals surface area contributed by atoms with Crippen LogP contribution in [0.15, 0.2) is 48.5 Å². The van der Waals surface area contributed by atoms with Crippen molar-refractivity contribution in [2.45, 2.75) is 96.7 Å². The number of hydrogen-bond donors (Lipinski definition) is 2. The first kappa shape index (κ1) is 24.6. The Bertz CT molecular complexity index is 795. The molecular weight excluding hydrogens is 396 g/mol. The van der Waals surface area contributed by atoms with Gasteiger partial charge in [-0.2, -0.15) is 5.06 Å². The number of unbranched alkanes of at least 4 members (excludes halogenated alkanes) is 11. The van der Waals surface area contributed by atoms with Gasteiger partial charge in [-0.15, -0.1) is 0 Å². The van der Waals surface area contributed by atoms with Crippen LogP contribution in [-0.2, 0) is 6.54 Å². The second kappa shape index (κ2) is 13.5. The van der Waals surface area contributed by atoms with Gasteiger partial charge in [-0.1, -0.05) is 114 Å². The molecule has 3 rings (SSSR count). The van der Waals surface area contributed by atoms with Crippen molar-refractivity contribution in [3.05, 3.63) is 59.7 Å². The normalized spacial score (nSPS) is 16.3. The Balaban J connectivity index is 1.47. The van der Waals surface area contributed by atoms with Gasteiger partial charge in [0.25, 0.3) is 0 Å². The largest absolute Gasteiger partial charge is 0.508 e. The highest BCUT2D eigenvalue weighted by Crippen LogP contribution is 2.40. The van der Waals surface area contributed by atoms with Crippen LogP contribution in [0.3, 0.4) is 0 Å². The van der Waals surface area contributed by atoms with Crippen LogP contribution in [0.5, 0.6) is 5.75 Å². The molecule has 0 saturated heterocycles. The van der Waals surface area contributed by atoms with Gasteiger partial charge in [0.1, 0.15) is 11.9 Å². The molecule has 0 aromatic heterocycles. The average molecular weight is 439 g/mol. The first-order valence-corrected chi connectivity index (χ1v) is 12.8. The van der Waals surface area contributed by atoms with E-state index in [1.165, 1.54) is 75.7 Å². The molecule has 1 heterocycles. The molecule has 1 atom stereocenters. The van der Waals surface area contributed by atoms with E-state index < -0.39 is 0 Å². The van der Waals surface area contributed by atoms with Crippen molar-refractivity contribution >= 4 is 5.69 Å². The molecule has 176 valence electrons. The minimum absolute atomic E-state index is 0.232. The molecule has 2 N–H and O–H groups in total. The standard InChI is InChI=1S/C28H42N2O2/c1-2-3-4-5-6-7-8-9-10-11-12-17-22-29-26-20-15-13-18-24(26)23-30(32)28(29)25-19-14-16-21-27(25)31/h13-16,18-21,28,31-32H,2-12,17,22-23H2,1H3. The van der Waals surface area contributed by atoms with Crippen LogP contribution in [-0.4, -0.2) is 21.9 Å². The summed E-state index contributed by atoms with van der Waals surface area (Å²) >= 11 is 0. The van der Waals surface area contributed by atoms with Crippen molar-refractivity contribution in [2.75, 3.05) is 11.4 Å². The Morgan fingerprint density at radius 1 is 0.750 bits per heavy atom. The van der Waals surface area contributed by atoms with E-state index in [1.54, 1.807) is 6.07 Å². The number of benzene rings is 2. The third-order valence-electron chi connectivity index (χ3n) is 6.68. The van der Waals surface area contributed by atoms with Gasteiger partial charge in [-0.05, 0) is 24.1 Å². The Morgan fingerprint density at radius 3 is 1.97 bits per heavy atom. The van der Waals surface area contributed by atoms with E-state index in [0.717, 1.165) is 29.8 Å². The van der Waals surface area contributed by atoms with E-state index in [1.807, 2.05) is 24.3 Å². The molecule has 4 nitrogen and oxygen atoms in total. The zero-order valence-corrected chi connectivity index (χ0v) is 19.9. The third-order valence-corrected chi connectivity index (χ3v) is 6.68. The molecule has 2 aromatic carbocycles. The molecule has 2 aromatic rings. The molecule has 0 bridgehead atoms. The number of hydroxylamine groups is 2. The number of phenolic OH excluding ortho intramolecular Hbond substituents is 1. The number of aromatic hydroxyl groups is 1. The fraction of sp³-hybridized carbons (Fsp3) is 0.571. The van der Waals surface area contributed by atoms with Gasteiger partial charge in [0, 0.05) is 17.8 Å². The maximum absolute atomic E-state index is 10.8. The van der Waals surface area contributed by atoms with Crippen molar-refractivity contribution in [3.63, 3.8) is 0 Å². The second-order valence-electron chi connectivity index (χ2n) is 9.24. The van der Waals surface area contributed by atoms with Crippen LogP contribution in [0.4, 0.5) is 5.69 Å². The minimum Gasteiger partial charge on any atom is -0.508 e. The summed E-state index contributed by atoms with van der Waals surface area (Å²) in [6, 6.07) is 15.7. The topological polar surface area (TPSA) is 46.9 Å². The molecule has 0 aliphatic carbocycles. The fourth-order valence-electron chi connectivity index (χ4n) is 4.88. The highest BCUT2D eigenvalue weighted by molar-refractivity contribution is 5.58. The molecule has 0 spiro atoms. The monoisotopic (exact) mass is 438 g/mol. The molecule has 0 amide bonds. The molecule has 32 heavy (non-hydrogen) atoms. The summed E-state index contributed by atoms with van der Waals surface area (Å²) in [6.45, 7) is 3.60. The quantitative estimate of drug-likeness (QED) is 0.295. The summed E-state index contributed by atoms with van der Waals surface area (Å²) in [5.41, 5.74) is 3.04. The number of anilines is 1. The minimum atomic E-state index is -0.362. The number of rotatable bonds is 14. The molecule has 4 heteroatoms. The second-order valence-corrected chi connectivity index (χ2v) is 9.24. The zero-order chi connectivity index (χ0) is 22.6. The van der Waals surface area contributed by atoms with Crippen molar-refractivity contribution < 1.29 is 10.3 Å². The smallest absolute Gasteiger partial charge is 0.135 e. The van der Waals surface area contributed by atoms with Gasteiger partial charge >= 0.3 is 0 Å². The van der Waals surface area contributed by atoms with Crippen LogP contribution < -0.4 is 4.90 Å². The summed E-state index contributed by atoms with van der Waals surface area (Å²) in [5, 5.41) is 22.6. The van der Waals surface area contributed by atoms with Gasteiger partial charge in [-0.25, -0.2) is 0 Å². The SMILES string of the molecule is CCCCCCCCCCCCCCN1c2ccccc2CN(O)C1c1ccccc1O. The Hall–Kier alpha value is -2.04. The van der Waals surface area contributed by atoms with E-state index in [0.29, 0.717) is 6.54 Å². The molecular formula is C28H42N2O2. The summed E-state index contributed by atoms with van der Waals surface area (Å²) in [5.74, 6) is 0.232. The zero-order valence-electron chi connectivity index (χ0n) is 19.9. The Labute approximate surface area is 194 Å². The Morgan fingerprint density at radius 2 is 1.31 bits per heavy atom. The predicted octanol–water partition coefficient (Wildman–Crippen LogP) is 7.80. The molecule has 0 radical (unpaired) electrons.